The Bertz CT molecular complexity index is 522. The molecule has 0 aliphatic heterocycles. The molecular weight excluding hydrogens is 278 g/mol. The van der Waals surface area contributed by atoms with Crippen LogP contribution < -0.4 is 0 Å². The number of hydrogen-bond donors (Lipinski definition) is 1. The van der Waals surface area contributed by atoms with Gasteiger partial charge in [0.1, 0.15) is 0 Å². The molecule has 1 fully saturated rings. The van der Waals surface area contributed by atoms with E-state index in [0.29, 0.717) is 12.5 Å². The maximum Gasteiger partial charge on any atom is 0.313 e. The summed E-state index contributed by atoms with van der Waals surface area (Å²) in [7, 11) is 0. The second kappa shape index (κ2) is 7.97. The first-order valence-electron chi connectivity index (χ1n) is 8.12. The average molecular weight is 303 g/mol. The summed E-state index contributed by atoms with van der Waals surface area (Å²) in [6, 6.07) is 8.12. The zero-order valence-corrected chi connectivity index (χ0v) is 13.4. The van der Waals surface area contributed by atoms with Crippen molar-refractivity contribution in [1.82, 2.24) is 0 Å². The highest BCUT2D eigenvalue weighted by molar-refractivity contribution is 5.87. The van der Waals surface area contributed by atoms with E-state index in [0.717, 1.165) is 37.0 Å². The normalized spacial score (nSPS) is 21.5. The Labute approximate surface area is 132 Å². The average Bonchev–Trinajstić information content (AvgIpc) is 2.55. The topological polar surface area (TPSA) is 58.9 Å². The van der Waals surface area contributed by atoms with Gasteiger partial charge in [0, 0.05) is 5.92 Å². The maximum absolute atomic E-state index is 11.8. The first-order chi connectivity index (χ1) is 10.7. The number of carbonyl (C=O) groups excluding carboxylic acids is 1. The molecule has 2 atom stereocenters. The Kier molecular flexibility index (Phi) is 5.99. The van der Waals surface area contributed by atoms with Gasteiger partial charge in [0.15, 0.2) is 0 Å². The van der Waals surface area contributed by atoms with Gasteiger partial charge in [0.05, 0.1) is 18.2 Å². The zero-order chi connectivity index (χ0) is 15.9. The summed E-state index contributed by atoms with van der Waals surface area (Å²) in [5, 5.41) is 12.6. The molecule has 0 saturated heterocycles. The van der Waals surface area contributed by atoms with Gasteiger partial charge in [-0.1, -0.05) is 35.8 Å². The number of ether oxygens (including phenoxy) is 1. The quantitative estimate of drug-likeness (QED) is 0.509. The minimum absolute atomic E-state index is 0.183. The van der Waals surface area contributed by atoms with Crippen LogP contribution in [0.5, 0.6) is 0 Å². The lowest BCUT2D eigenvalue weighted by Gasteiger charge is -2.23. The monoisotopic (exact) mass is 303 g/mol. The Morgan fingerprint density at radius 3 is 2.73 bits per heavy atom. The predicted molar refractivity (Wildman–Crippen MR) is 86.4 cm³/mol. The Balaban J connectivity index is 2.01. The number of esters is 1. The minimum Gasteiger partial charge on any atom is -0.466 e. The highest BCUT2D eigenvalue weighted by Crippen LogP contribution is 2.26. The van der Waals surface area contributed by atoms with Crippen LogP contribution in [0, 0.1) is 5.92 Å². The van der Waals surface area contributed by atoms with Crippen LogP contribution in [0.15, 0.2) is 29.4 Å². The third kappa shape index (κ3) is 4.09. The van der Waals surface area contributed by atoms with Crippen LogP contribution in [0.1, 0.15) is 56.6 Å². The van der Waals surface area contributed by atoms with Crippen LogP contribution in [0.3, 0.4) is 0 Å². The molecule has 0 bridgehead atoms. The van der Waals surface area contributed by atoms with Crippen molar-refractivity contribution in [3.8, 4) is 0 Å². The molecule has 1 aliphatic carbocycles. The minimum atomic E-state index is -0.238. The van der Waals surface area contributed by atoms with Crippen molar-refractivity contribution < 1.29 is 14.7 Å². The van der Waals surface area contributed by atoms with Crippen LogP contribution in [0.25, 0.3) is 0 Å². The van der Waals surface area contributed by atoms with Gasteiger partial charge < -0.3 is 9.94 Å². The highest BCUT2D eigenvalue weighted by atomic mass is 16.5. The second-order valence-electron chi connectivity index (χ2n) is 5.95. The van der Waals surface area contributed by atoms with Gasteiger partial charge in [0.25, 0.3) is 0 Å². The van der Waals surface area contributed by atoms with E-state index in [9.17, 15) is 4.79 Å². The van der Waals surface area contributed by atoms with Crippen LogP contribution in [0.2, 0.25) is 0 Å². The van der Waals surface area contributed by atoms with Crippen molar-refractivity contribution in [2.75, 3.05) is 6.61 Å². The molecule has 120 valence electrons. The second-order valence-corrected chi connectivity index (χ2v) is 5.95. The number of oxime groups is 1. The summed E-state index contributed by atoms with van der Waals surface area (Å²) in [5.41, 5.74) is 3.12. The lowest BCUT2D eigenvalue weighted by Crippen LogP contribution is -2.21. The van der Waals surface area contributed by atoms with E-state index in [4.69, 9.17) is 9.94 Å². The fraction of sp³-hybridized carbons (Fsp3) is 0.556. The molecule has 1 aromatic carbocycles. The lowest BCUT2D eigenvalue weighted by molar-refractivity contribution is -0.144. The van der Waals surface area contributed by atoms with Crippen molar-refractivity contribution in [3.05, 3.63) is 35.4 Å². The molecule has 1 aromatic rings. The maximum atomic E-state index is 11.8. The summed E-state index contributed by atoms with van der Waals surface area (Å²) >= 11 is 0. The third-order valence-corrected chi connectivity index (χ3v) is 4.44. The van der Waals surface area contributed by atoms with Gasteiger partial charge in [-0.2, -0.15) is 0 Å². The molecule has 22 heavy (non-hydrogen) atoms. The summed E-state index contributed by atoms with van der Waals surface area (Å²) in [6.45, 7) is 4.09. The van der Waals surface area contributed by atoms with Crippen LogP contribution in [-0.2, 0) is 16.0 Å². The van der Waals surface area contributed by atoms with Crippen molar-refractivity contribution in [1.29, 1.82) is 0 Å². The summed E-state index contributed by atoms with van der Waals surface area (Å²) in [5.74, 6) is -0.0810. The van der Waals surface area contributed by atoms with Crippen molar-refractivity contribution in [3.63, 3.8) is 0 Å². The molecule has 0 amide bonds. The summed E-state index contributed by atoms with van der Waals surface area (Å²) in [4.78, 5) is 11.8. The van der Waals surface area contributed by atoms with E-state index in [2.05, 4.69) is 17.3 Å². The molecule has 0 radical (unpaired) electrons. The number of benzene rings is 1. The van der Waals surface area contributed by atoms with Crippen LogP contribution in [0.4, 0.5) is 0 Å². The first-order valence-corrected chi connectivity index (χ1v) is 8.12. The van der Waals surface area contributed by atoms with Gasteiger partial charge in [0.2, 0.25) is 0 Å². The third-order valence-electron chi connectivity index (χ3n) is 4.44. The first kappa shape index (κ1) is 16.5. The molecule has 2 unspecified atom stereocenters. The Morgan fingerprint density at radius 2 is 2.09 bits per heavy atom. The van der Waals surface area contributed by atoms with Crippen LogP contribution >= 0.6 is 0 Å². The zero-order valence-electron chi connectivity index (χ0n) is 13.4. The molecule has 0 heterocycles. The van der Waals surface area contributed by atoms with Gasteiger partial charge >= 0.3 is 5.97 Å². The molecule has 1 saturated carbocycles. The highest BCUT2D eigenvalue weighted by Gasteiger charge is 2.22. The van der Waals surface area contributed by atoms with E-state index in [1.54, 1.807) is 0 Å². The van der Waals surface area contributed by atoms with Gasteiger partial charge in [-0.25, -0.2) is 0 Å². The number of hydrogen-bond acceptors (Lipinski definition) is 4. The van der Waals surface area contributed by atoms with Crippen molar-refractivity contribution in [2.24, 2.45) is 11.1 Å². The lowest BCUT2D eigenvalue weighted by atomic mass is 9.83. The van der Waals surface area contributed by atoms with Gasteiger partial charge in [-0.3, -0.25) is 4.79 Å². The fourth-order valence-electron chi connectivity index (χ4n) is 3.05. The van der Waals surface area contributed by atoms with Crippen molar-refractivity contribution >= 4 is 11.7 Å². The molecule has 0 spiro atoms. The fourth-order valence-corrected chi connectivity index (χ4v) is 3.05. The van der Waals surface area contributed by atoms with E-state index in [-0.39, 0.29) is 11.9 Å². The predicted octanol–water partition coefficient (Wildman–Crippen LogP) is 3.92. The standard InChI is InChI=1S/C18H25NO3/c1-3-22-18(20)13(2)15-10-8-14(9-11-15)12-16-6-4-5-7-17(16)19-21/h8-11,13,16,21H,3-7,12H2,1-2H3. The SMILES string of the molecule is CCOC(=O)C(C)c1ccc(CC2CCCCC2=NO)cc1. The molecule has 0 aromatic heterocycles. The Morgan fingerprint density at radius 1 is 1.36 bits per heavy atom. The number of nitrogens with zero attached hydrogens (tertiary/aromatic N) is 1. The molecule has 1 N–H and O–H groups in total. The molecular formula is C18H25NO3. The van der Waals surface area contributed by atoms with Crippen molar-refractivity contribution in [2.45, 2.75) is 51.9 Å². The van der Waals surface area contributed by atoms with Gasteiger partial charge in [-0.05, 0) is 50.7 Å². The van der Waals surface area contributed by atoms with E-state index in [1.807, 2.05) is 26.0 Å². The summed E-state index contributed by atoms with van der Waals surface area (Å²) < 4.78 is 5.06. The molecule has 1 aliphatic rings. The van der Waals surface area contributed by atoms with Gasteiger partial charge in [-0.15, -0.1) is 0 Å². The largest absolute Gasteiger partial charge is 0.466 e. The molecule has 2 rings (SSSR count). The summed E-state index contributed by atoms with van der Waals surface area (Å²) in [6.07, 6.45) is 5.19. The van der Waals surface area contributed by atoms with E-state index < -0.39 is 0 Å². The number of rotatable bonds is 5. The van der Waals surface area contributed by atoms with Crippen LogP contribution in [-0.4, -0.2) is 23.5 Å². The molecule has 4 heteroatoms. The smallest absolute Gasteiger partial charge is 0.313 e. The van der Waals surface area contributed by atoms with E-state index >= 15 is 0 Å². The Hall–Kier alpha value is -1.84. The molecule has 4 nitrogen and oxygen atoms in total. The van der Waals surface area contributed by atoms with E-state index in [1.165, 1.54) is 12.0 Å². The number of carbonyl (C=O) groups is 1.